The first-order valence-electron chi connectivity index (χ1n) is 9.40. The van der Waals surface area contributed by atoms with E-state index in [1.165, 1.54) is 0 Å². The van der Waals surface area contributed by atoms with Gasteiger partial charge in [0.2, 0.25) is 0 Å². The molecule has 9 nitrogen and oxygen atoms in total. The van der Waals surface area contributed by atoms with Crippen molar-refractivity contribution < 1.29 is 4.42 Å². The second-order valence-corrected chi connectivity index (χ2v) is 8.29. The summed E-state index contributed by atoms with van der Waals surface area (Å²) < 4.78 is 7.35. The number of furan rings is 1. The Labute approximate surface area is 161 Å². The predicted molar refractivity (Wildman–Crippen MR) is 105 cm³/mol. The number of anilines is 2. The van der Waals surface area contributed by atoms with Gasteiger partial charge in [0.15, 0.2) is 22.9 Å². The molecule has 0 unspecified atom stereocenters. The zero-order valence-corrected chi connectivity index (χ0v) is 16.1. The van der Waals surface area contributed by atoms with Crippen molar-refractivity contribution in [1.29, 1.82) is 0 Å². The van der Waals surface area contributed by atoms with Crippen LogP contribution < -0.4 is 10.2 Å². The lowest BCUT2D eigenvalue weighted by atomic mass is 9.96. The topological polar surface area (TPSA) is 97.3 Å². The first kappa shape index (κ1) is 16.9. The highest BCUT2D eigenvalue weighted by atomic mass is 16.3. The second-order valence-electron chi connectivity index (χ2n) is 8.29. The molecule has 5 rings (SSSR count). The molecular weight excluding hydrogens is 356 g/mol. The molecule has 4 aromatic heterocycles. The molecule has 0 atom stereocenters. The van der Waals surface area contributed by atoms with Crippen LogP contribution in [0.2, 0.25) is 0 Å². The third kappa shape index (κ3) is 2.83. The van der Waals surface area contributed by atoms with Crippen molar-refractivity contribution in [3.8, 4) is 0 Å². The molecule has 28 heavy (non-hydrogen) atoms. The van der Waals surface area contributed by atoms with E-state index in [4.69, 9.17) is 9.52 Å². The summed E-state index contributed by atoms with van der Waals surface area (Å²) in [5.41, 5.74) is 1.42. The lowest BCUT2D eigenvalue weighted by Crippen LogP contribution is -2.50. The maximum atomic E-state index is 5.50. The van der Waals surface area contributed by atoms with Crippen molar-refractivity contribution in [3.63, 3.8) is 0 Å². The Bertz CT molecular complexity index is 1140. The van der Waals surface area contributed by atoms with Crippen molar-refractivity contribution in [2.75, 3.05) is 29.9 Å². The normalized spacial score (nSPS) is 15.3. The van der Waals surface area contributed by atoms with Crippen LogP contribution in [-0.2, 0) is 5.41 Å². The Morgan fingerprint density at radius 3 is 2.82 bits per heavy atom. The van der Waals surface area contributed by atoms with Gasteiger partial charge in [0.05, 0.1) is 12.5 Å². The SMILES string of the molecule is CC(C)(C)c1nnc2ccc(N3CC(CNc4nncc5ccoc45)C3)nn12. The van der Waals surface area contributed by atoms with Gasteiger partial charge in [-0.05, 0) is 18.2 Å². The van der Waals surface area contributed by atoms with Crippen LogP contribution in [0.1, 0.15) is 26.6 Å². The highest BCUT2D eigenvalue weighted by Gasteiger charge is 2.29. The number of nitrogens with one attached hydrogen (secondary N) is 1. The number of hydrogen-bond acceptors (Lipinski definition) is 8. The van der Waals surface area contributed by atoms with Crippen LogP contribution in [-0.4, -0.2) is 49.6 Å². The van der Waals surface area contributed by atoms with E-state index in [1.54, 1.807) is 12.5 Å². The first-order valence-corrected chi connectivity index (χ1v) is 9.40. The molecule has 1 N–H and O–H groups in total. The molecule has 5 heterocycles. The predicted octanol–water partition coefficient (Wildman–Crippen LogP) is 2.51. The molecule has 1 aliphatic rings. The van der Waals surface area contributed by atoms with Crippen molar-refractivity contribution in [2.45, 2.75) is 26.2 Å². The van der Waals surface area contributed by atoms with Gasteiger partial charge in [0.25, 0.3) is 0 Å². The summed E-state index contributed by atoms with van der Waals surface area (Å²) in [5.74, 6) is 3.02. The molecule has 9 heteroatoms. The molecular formula is C19H22N8O. The zero-order chi connectivity index (χ0) is 19.3. The summed E-state index contributed by atoms with van der Waals surface area (Å²) in [5, 5.41) is 25.8. The lowest BCUT2D eigenvalue weighted by molar-refractivity contribution is 0.423. The van der Waals surface area contributed by atoms with Gasteiger partial charge in [-0.1, -0.05) is 20.8 Å². The molecule has 1 saturated heterocycles. The Kier molecular flexibility index (Phi) is 3.71. The van der Waals surface area contributed by atoms with Crippen molar-refractivity contribution in [1.82, 2.24) is 30.0 Å². The van der Waals surface area contributed by atoms with Crippen molar-refractivity contribution >= 4 is 28.3 Å². The Balaban J connectivity index is 1.26. The maximum absolute atomic E-state index is 5.50. The van der Waals surface area contributed by atoms with Crippen LogP contribution in [0.25, 0.3) is 16.6 Å². The van der Waals surface area contributed by atoms with Gasteiger partial charge >= 0.3 is 0 Å². The van der Waals surface area contributed by atoms with Gasteiger partial charge in [0.1, 0.15) is 5.82 Å². The number of aromatic nitrogens is 6. The average Bonchev–Trinajstić information content (AvgIpc) is 3.26. The first-order chi connectivity index (χ1) is 13.5. The minimum atomic E-state index is -0.111. The van der Waals surface area contributed by atoms with E-state index in [0.29, 0.717) is 11.7 Å². The molecule has 0 spiro atoms. The van der Waals surface area contributed by atoms with Gasteiger partial charge < -0.3 is 14.6 Å². The van der Waals surface area contributed by atoms with Crippen molar-refractivity contribution in [3.05, 3.63) is 36.5 Å². The Morgan fingerprint density at radius 2 is 2.00 bits per heavy atom. The van der Waals surface area contributed by atoms with E-state index >= 15 is 0 Å². The number of hydrogen-bond donors (Lipinski definition) is 1. The summed E-state index contributed by atoms with van der Waals surface area (Å²) in [6.45, 7) is 9.02. The number of rotatable bonds is 4. The van der Waals surface area contributed by atoms with Crippen LogP contribution in [0.3, 0.4) is 0 Å². The minimum Gasteiger partial charge on any atom is -0.460 e. The molecule has 0 radical (unpaired) electrons. The van der Waals surface area contributed by atoms with Crippen LogP contribution in [0.5, 0.6) is 0 Å². The molecule has 144 valence electrons. The van der Waals surface area contributed by atoms with Crippen LogP contribution >= 0.6 is 0 Å². The van der Waals surface area contributed by atoms with E-state index in [1.807, 2.05) is 22.7 Å². The standard InChI is InChI=1S/C19H22N8O/c1-19(2,3)18-24-22-14-4-5-15(25-27(14)18)26-10-12(11-26)8-20-17-16-13(6-7-28-16)9-21-23-17/h4-7,9,12H,8,10-11H2,1-3H3,(H,20,23). The highest BCUT2D eigenvalue weighted by molar-refractivity contribution is 5.85. The van der Waals surface area contributed by atoms with E-state index in [2.05, 4.69) is 51.4 Å². The third-order valence-electron chi connectivity index (χ3n) is 5.02. The fourth-order valence-electron chi connectivity index (χ4n) is 3.47. The van der Waals surface area contributed by atoms with Gasteiger partial charge in [-0.3, -0.25) is 0 Å². The lowest BCUT2D eigenvalue weighted by Gasteiger charge is -2.40. The van der Waals surface area contributed by atoms with Crippen LogP contribution in [0.4, 0.5) is 11.6 Å². The molecule has 0 aromatic carbocycles. The molecule has 4 aromatic rings. The molecule has 0 amide bonds. The summed E-state index contributed by atoms with van der Waals surface area (Å²) in [6, 6.07) is 5.87. The molecule has 0 aliphatic carbocycles. The van der Waals surface area contributed by atoms with E-state index < -0.39 is 0 Å². The molecule has 0 saturated carbocycles. The van der Waals surface area contributed by atoms with Crippen LogP contribution in [0, 0.1) is 5.92 Å². The van der Waals surface area contributed by atoms with Gasteiger partial charge in [-0.25, -0.2) is 0 Å². The average molecular weight is 378 g/mol. The molecule has 0 bridgehead atoms. The maximum Gasteiger partial charge on any atom is 0.192 e. The summed E-state index contributed by atoms with van der Waals surface area (Å²) in [6.07, 6.45) is 3.36. The number of nitrogens with zero attached hydrogens (tertiary/aromatic N) is 7. The second kappa shape index (κ2) is 6.15. The smallest absolute Gasteiger partial charge is 0.192 e. The third-order valence-corrected chi connectivity index (χ3v) is 5.02. The Hall–Kier alpha value is -3.23. The zero-order valence-electron chi connectivity index (χ0n) is 16.1. The summed E-state index contributed by atoms with van der Waals surface area (Å²) in [7, 11) is 0. The Morgan fingerprint density at radius 1 is 1.14 bits per heavy atom. The van der Waals surface area contributed by atoms with E-state index in [-0.39, 0.29) is 5.41 Å². The summed E-state index contributed by atoms with van der Waals surface area (Å²) in [4.78, 5) is 2.26. The fraction of sp³-hybridized carbons (Fsp3) is 0.421. The quantitative estimate of drug-likeness (QED) is 0.578. The largest absolute Gasteiger partial charge is 0.460 e. The van der Waals surface area contributed by atoms with E-state index in [0.717, 1.165) is 47.9 Å². The summed E-state index contributed by atoms with van der Waals surface area (Å²) >= 11 is 0. The van der Waals surface area contributed by atoms with Crippen LogP contribution in [0.15, 0.2) is 35.1 Å². The molecule has 1 fully saturated rings. The van der Waals surface area contributed by atoms with Gasteiger partial charge in [0, 0.05) is 36.4 Å². The minimum absolute atomic E-state index is 0.111. The highest BCUT2D eigenvalue weighted by Crippen LogP contribution is 2.26. The van der Waals surface area contributed by atoms with Gasteiger partial charge in [-0.2, -0.15) is 9.61 Å². The van der Waals surface area contributed by atoms with E-state index in [9.17, 15) is 0 Å². The number of fused-ring (bicyclic) bond motifs is 2. The van der Waals surface area contributed by atoms with Crippen molar-refractivity contribution in [2.24, 2.45) is 5.92 Å². The monoisotopic (exact) mass is 378 g/mol. The molecule has 1 aliphatic heterocycles. The fourth-order valence-corrected chi connectivity index (χ4v) is 3.47. The van der Waals surface area contributed by atoms with Gasteiger partial charge in [-0.15, -0.1) is 20.4 Å².